The molecule has 0 spiro atoms. The molecular weight excluding hydrogens is 216 g/mol. The summed E-state index contributed by atoms with van der Waals surface area (Å²) >= 11 is 5.34. The van der Waals surface area contributed by atoms with Crippen molar-refractivity contribution >= 4 is 17.9 Å². The standard InChI is InChI=1S/C8H6ClF2NO2/c9-2-5-6(14)1-4(3-13)12-7(5)8(10)11/h1,3,8H,2H2,(H,12,14). The maximum atomic E-state index is 12.4. The largest absolute Gasteiger partial charge is 0.351 e. The van der Waals surface area contributed by atoms with Crippen LogP contribution in [0.1, 0.15) is 28.2 Å². The highest BCUT2D eigenvalue weighted by Gasteiger charge is 2.16. The van der Waals surface area contributed by atoms with Crippen molar-refractivity contribution in [2.24, 2.45) is 0 Å². The predicted octanol–water partition coefficient (Wildman–Crippen LogP) is 1.86. The Bertz CT molecular complexity index is 403. The number of aromatic amines is 1. The van der Waals surface area contributed by atoms with Crippen LogP contribution in [0.3, 0.4) is 0 Å². The predicted molar refractivity (Wildman–Crippen MR) is 47.0 cm³/mol. The molecular formula is C8H6ClF2NO2. The maximum absolute atomic E-state index is 12.4. The zero-order chi connectivity index (χ0) is 10.7. The van der Waals surface area contributed by atoms with E-state index in [-0.39, 0.29) is 17.1 Å². The molecule has 0 aromatic carbocycles. The first kappa shape index (κ1) is 10.8. The van der Waals surface area contributed by atoms with Crippen LogP contribution in [0.4, 0.5) is 8.78 Å². The fraction of sp³-hybridized carbons (Fsp3) is 0.250. The van der Waals surface area contributed by atoms with E-state index in [1.165, 1.54) is 0 Å². The zero-order valence-electron chi connectivity index (χ0n) is 6.89. The first-order valence-corrected chi connectivity index (χ1v) is 4.19. The maximum Gasteiger partial charge on any atom is 0.278 e. The van der Waals surface area contributed by atoms with Gasteiger partial charge in [-0.15, -0.1) is 11.6 Å². The molecule has 0 unspecified atom stereocenters. The number of rotatable bonds is 3. The minimum atomic E-state index is -2.85. The summed E-state index contributed by atoms with van der Waals surface area (Å²) in [5.74, 6) is -0.311. The van der Waals surface area contributed by atoms with Gasteiger partial charge in [0.1, 0.15) is 0 Å². The van der Waals surface area contributed by atoms with E-state index in [0.717, 1.165) is 6.07 Å². The van der Waals surface area contributed by atoms with Crippen molar-refractivity contribution in [3.05, 3.63) is 33.2 Å². The summed E-state index contributed by atoms with van der Waals surface area (Å²) in [6, 6.07) is 0.941. The van der Waals surface area contributed by atoms with E-state index in [4.69, 9.17) is 11.6 Å². The fourth-order valence-corrected chi connectivity index (χ4v) is 1.29. The van der Waals surface area contributed by atoms with Crippen LogP contribution in [0.2, 0.25) is 0 Å². The van der Waals surface area contributed by atoms with Crippen LogP contribution < -0.4 is 5.43 Å². The molecule has 1 aromatic heterocycles. The zero-order valence-corrected chi connectivity index (χ0v) is 7.65. The molecule has 0 fully saturated rings. The number of pyridine rings is 1. The summed E-state index contributed by atoms with van der Waals surface area (Å²) in [5.41, 5.74) is -1.63. The number of aldehydes is 1. The Kier molecular flexibility index (Phi) is 3.35. The van der Waals surface area contributed by atoms with E-state index < -0.39 is 17.5 Å². The van der Waals surface area contributed by atoms with Crippen molar-refractivity contribution in [3.8, 4) is 0 Å². The molecule has 1 aromatic rings. The Morgan fingerprint density at radius 2 is 2.21 bits per heavy atom. The lowest BCUT2D eigenvalue weighted by atomic mass is 10.2. The van der Waals surface area contributed by atoms with Crippen LogP contribution in [0.15, 0.2) is 10.9 Å². The highest BCUT2D eigenvalue weighted by Crippen LogP contribution is 2.19. The minimum absolute atomic E-state index is 0.181. The first-order valence-electron chi connectivity index (χ1n) is 3.65. The van der Waals surface area contributed by atoms with Crippen molar-refractivity contribution in [2.45, 2.75) is 12.3 Å². The van der Waals surface area contributed by atoms with E-state index in [2.05, 4.69) is 4.98 Å². The van der Waals surface area contributed by atoms with E-state index in [1.807, 2.05) is 0 Å². The normalized spacial score (nSPS) is 10.6. The van der Waals surface area contributed by atoms with Gasteiger partial charge in [0.2, 0.25) is 0 Å². The first-order chi connectivity index (χ1) is 6.60. The van der Waals surface area contributed by atoms with Gasteiger partial charge in [0, 0.05) is 11.6 Å². The Balaban J connectivity index is 3.43. The van der Waals surface area contributed by atoms with Crippen LogP contribution >= 0.6 is 11.6 Å². The highest BCUT2D eigenvalue weighted by atomic mass is 35.5. The van der Waals surface area contributed by atoms with Crippen molar-refractivity contribution < 1.29 is 13.6 Å². The van der Waals surface area contributed by atoms with Gasteiger partial charge < -0.3 is 4.98 Å². The van der Waals surface area contributed by atoms with Crippen molar-refractivity contribution in [2.75, 3.05) is 0 Å². The molecule has 3 nitrogen and oxygen atoms in total. The van der Waals surface area contributed by atoms with Gasteiger partial charge in [-0.25, -0.2) is 8.78 Å². The number of hydrogen-bond acceptors (Lipinski definition) is 2. The summed E-state index contributed by atoms with van der Waals surface area (Å²) in [6.07, 6.45) is -2.55. The number of alkyl halides is 3. The number of hydrogen-bond donors (Lipinski definition) is 1. The van der Waals surface area contributed by atoms with E-state index in [0.29, 0.717) is 6.29 Å². The van der Waals surface area contributed by atoms with Crippen molar-refractivity contribution in [1.82, 2.24) is 4.98 Å². The Hall–Kier alpha value is -1.23. The van der Waals surface area contributed by atoms with E-state index in [1.54, 1.807) is 0 Å². The second-order valence-corrected chi connectivity index (χ2v) is 2.80. The molecule has 0 saturated heterocycles. The number of halogens is 3. The summed E-state index contributed by atoms with van der Waals surface area (Å²) in [5, 5.41) is 0. The third-order valence-corrected chi connectivity index (χ3v) is 1.93. The van der Waals surface area contributed by atoms with Crippen LogP contribution in [-0.4, -0.2) is 11.3 Å². The Labute approximate surface area is 82.7 Å². The third-order valence-electron chi connectivity index (χ3n) is 1.67. The van der Waals surface area contributed by atoms with Gasteiger partial charge in [-0.3, -0.25) is 9.59 Å². The summed E-state index contributed by atoms with van der Waals surface area (Å²) < 4.78 is 24.7. The monoisotopic (exact) mass is 221 g/mol. The molecule has 0 radical (unpaired) electrons. The molecule has 6 heteroatoms. The average Bonchev–Trinajstić information content (AvgIpc) is 2.16. The molecule has 1 rings (SSSR count). The number of carbonyl (C=O) groups excluding carboxylic acids is 1. The van der Waals surface area contributed by atoms with E-state index >= 15 is 0 Å². The SMILES string of the molecule is O=Cc1cc(=O)c(CCl)c(C(F)F)[nH]1. The van der Waals surface area contributed by atoms with Crippen molar-refractivity contribution in [3.63, 3.8) is 0 Å². The smallest absolute Gasteiger partial charge is 0.278 e. The quantitative estimate of drug-likeness (QED) is 0.626. The molecule has 0 atom stereocenters. The molecule has 0 bridgehead atoms. The molecule has 0 aliphatic heterocycles. The third kappa shape index (κ3) is 1.98. The van der Waals surface area contributed by atoms with Gasteiger partial charge in [0.15, 0.2) is 11.7 Å². The minimum Gasteiger partial charge on any atom is -0.351 e. The lowest BCUT2D eigenvalue weighted by molar-refractivity contribution is 0.111. The van der Waals surface area contributed by atoms with Crippen molar-refractivity contribution in [1.29, 1.82) is 0 Å². The lowest BCUT2D eigenvalue weighted by Gasteiger charge is -2.05. The second-order valence-electron chi connectivity index (χ2n) is 2.53. The molecule has 0 aliphatic carbocycles. The molecule has 1 N–H and O–H groups in total. The lowest BCUT2D eigenvalue weighted by Crippen LogP contribution is -2.14. The highest BCUT2D eigenvalue weighted by molar-refractivity contribution is 6.17. The molecule has 0 aliphatic rings. The van der Waals surface area contributed by atoms with E-state index in [9.17, 15) is 18.4 Å². The molecule has 14 heavy (non-hydrogen) atoms. The molecule has 0 saturated carbocycles. The molecule has 1 heterocycles. The van der Waals surface area contributed by atoms with Gasteiger partial charge in [0.25, 0.3) is 6.43 Å². The number of aromatic nitrogens is 1. The van der Waals surface area contributed by atoms with Crippen LogP contribution in [0.25, 0.3) is 0 Å². The Morgan fingerprint density at radius 1 is 1.57 bits per heavy atom. The summed E-state index contributed by atoms with van der Waals surface area (Å²) in [4.78, 5) is 23.6. The number of nitrogens with one attached hydrogen (secondary N) is 1. The van der Waals surface area contributed by atoms with Gasteiger partial charge in [-0.05, 0) is 0 Å². The van der Waals surface area contributed by atoms with Gasteiger partial charge >= 0.3 is 0 Å². The molecule has 76 valence electrons. The van der Waals surface area contributed by atoms with Gasteiger partial charge in [0.05, 0.1) is 17.3 Å². The van der Waals surface area contributed by atoms with Crippen LogP contribution in [0, 0.1) is 0 Å². The topological polar surface area (TPSA) is 49.9 Å². The fourth-order valence-electron chi connectivity index (χ4n) is 1.02. The number of carbonyl (C=O) groups is 1. The molecule has 0 amide bonds. The Morgan fingerprint density at radius 3 is 2.64 bits per heavy atom. The van der Waals surface area contributed by atoms with Crippen LogP contribution in [-0.2, 0) is 5.88 Å². The summed E-state index contributed by atoms with van der Waals surface area (Å²) in [6.45, 7) is 0. The second kappa shape index (κ2) is 4.32. The van der Waals surface area contributed by atoms with Crippen LogP contribution in [0.5, 0.6) is 0 Å². The average molecular weight is 222 g/mol. The van der Waals surface area contributed by atoms with Gasteiger partial charge in [-0.2, -0.15) is 0 Å². The summed E-state index contributed by atoms with van der Waals surface area (Å²) in [7, 11) is 0. The van der Waals surface area contributed by atoms with Gasteiger partial charge in [-0.1, -0.05) is 0 Å². The number of H-pyrrole nitrogens is 1.